The number of aryl methyl sites for hydroxylation is 1. The Balaban J connectivity index is 1.70. The summed E-state index contributed by atoms with van der Waals surface area (Å²) in [7, 11) is 0. The summed E-state index contributed by atoms with van der Waals surface area (Å²) in [5, 5.41) is 6.62. The molecule has 0 atom stereocenters. The van der Waals surface area contributed by atoms with E-state index in [1.807, 2.05) is 31.2 Å². The summed E-state index contributed by atoms with van der Waals surface area (Å²) in [5.74, 6) is -1.33. The average Bonchev–Trinajstić information content (AvgIpc) is 2.70. The van der Waals surface area contributed by atoms with Crippen LogP contribution >= 0.6 is 0 Å². The molecule has 3 aromatic rings. The maximum atomic E-state index is 13.0. The van der Waals surface area contributed by atoms with Crippen molar-refractivity contribution in [3.8, 4) is 0 Å². The van der Waals surface area contributed by atoms with Crippen LogP contribution in [0.2, 0.25) is 0 Å². The van der Waals surface area contributed by atoms with Gasteiger partial charge in [-0.25, -0.2) is 9.82 Å². The molecular weight excluding hydrogens is 357 g/mol. The number of rotatable bonds is 5. The summed E-state index contributed by atoms with van der Waals surface area (Å²) in [6.07, 6.45) is 1.54. The smallest absolute Gasteiger partial charge is 0.273 e. The van der Waals surface area contributed by atoms with Crippen LogP contribution in [0.25, 0.3) is 0 Å². The normalized spacial score (nSPS) is 10.6. The first-order valence-corrected chi connectivity index (χ1v) is 8.59. The van der Waals surface area contributed by atoms with Gasteiger partial charge in [-0.3, -0.25) is 9.59 Å². The SMILES string of the molecule is Cc1ccc(C=NNC(=O)c2ccccc2NC(=O)c2ccc(F)cc2)cc1. The van der Waals surface area contributed by atoms with Gasteiger partial charge in [-0.2, -0.15) is 5.10 Å². The lowest BCUT2D eigenvalue weighted by molar-refractivity contribution is 0.0956. The average molecular weight is 375 g/mol. The van der Waals surface area contributed by atoms with Crippen LogP contribution in [0.15, 0.2) is 77.9 Å². The molecule has 0 saturated carbocycles. The zero-order chi connectivity index (χ0) is 19.9. The van der Waals surface area contributed by atoms with E-state index in [2.05, 4.69) is 15.8 Å². The number of para-hydroxylation sites is 1. The van der Waals surface area contributed by atoms with E-state index in [-0.39, 0.29) is 11.1 Å². The number of halogens is 1. The van der Waals surface area contributed by atoms with Gasteiger partial charge in [0.25, 0.3) is 11.8 Å². The third kappa shape index (κ3) is 4.88. The minimum Gasteiger partial charge on any atom is -0.321 e. The predicted molar refractivity (Wildman–Crippen MR) is 107 cm³/mol. The van der Waals surface area contributed by atoms with Gasteiger partial charge in [0, 0.05) is 5.56 Å². The van der Waals surface area contributed by atoms with Crippen LogP contribution in [0.5, 0.6) is 0 Å². The molecule has 0 aliphatic carbocycles. The van der Waals surface area contributed by atoms with Gasteiger partial charge < -0.3 is 5.32 Å². The lowest BCUT2D eigenvalue weighted by Crippen LogP contribution is -2.21. The fourth-order valence-corrected chi connectivity index (χ4v) is 2.46. The third-order valence-corrected chi connectivity index (χ3v) is 3.98. The lowest BCUT2D eigenvalue weighted by atomic mass is 10.1. The van der Waals surface area contributed by atoms with Crippen LogP contribution in [0.1, 0.15) is 31.8 Å². The highest BCUT2D eigenvalue weighted by molar-refractivity contribution is 6.09. The Hall–Kier alpha value is -3.80. The maximum Gasteiger partial charge on any atom is 0.273 e. The molecule has 0 heterocycles. The minimum atomic E-state index is -0.460. The molecule has 140 valence electrons. The second-order valence-corrected chi connectivity index (χ2v) is 6.12. The number of amides is 2. The summed E-state index contributed by atoms with van der Waals surface area (Å²) < 4.78 is 13.0. The highest BCUT2D eigenvalue weighted by Crippen LogP contribution is 2.16. The van der Waals surface area contributed by atoms with E-state index in [0.29, 0.717) is 5.69 Å². The second-order valence-electron chi connectivity index (χ2n) is 6.12. The molecule has 6 heteroatoms. The maximum absolute atomic E-state index is 13.0. The van der Waals surface area contributed by atoms with Crippen LogP contribution in [-0.4, -0.2) is 18.0 Å². The number of anilines is 1. The molecule has 0 saturated heterocycles. The minimum absolute atomic E-state index is 0.263. The van der Waals surface area contributed by atoms with Crippen molar-refractivity contribution >= 4 is 23.7 Å². The van der Waals surface area contributed by atoms with Gasteiger partial charge in [0.1, 0.15) is 5.82 Å². The van der Waals surface area contributed by atoms with E-state index in [9.17, 15) is 14.0 Å². The Morgan fingerprint density at radius 2 is 1.57 bits per heavy atom. The Bertz CT molecular complexity index is 1010. The summed E-state index contributed by atoms with van der Waals surface area (Å²) >= 11 is 0. The van der Waals surface area contributed by atoms with Crippen LogP contribution in [-0.2, 0) is 0 Å². The predicted octanol–water partition coefficient (Wildman–Crippen LogP) is 4.15. The van der Waals surface area contributed by atoms with Gasteiger partial charge in [-0.1, -0.05) is 42.0 Å². The zero-order valence-corrected chi connectivity index (χ0v) is 15.1. The van der Waals surface area contributed by atoms with Crippen molar-refractivity contribution in [2.75, 3.05) is 5.32 Å². The number of nitrogens with zero attached hydrogens (tertiary/aromatic N) is 1. The number of benzene rings is 3. The molecule has 3 rings (SSSR count). The summed E-state index contributed by atoms with van der Waals surface area (Å²) in [4.78, 5) is 24.8. The molecule has 0 aliphatic rings. The molecule has 0 radical (unpaired) electrons. The molecule has 0 aromatic heterocycles. The molecule has 0 unspecified atom stereocenters. The van der Waals surface area contributed by atoms with E-state index in [0.717, 1.165) is 11.1 Å². The van der Waals surface area contributed by atoms with Gasteiger partial charge >= 0.3 is 0 Å². The molecule has 0 fully saturated rings. The van der Waals surface area contributed by atoms with Crippen molar-refractivity contribution in [2.24, 2.45) is 5.10 Å². The van der Waals surface area contributed by atoms with Gasteiger partial charge in [-0.15, -0.1) is 0 Å². The molecule has 2 N–H and O–H groups in total. The molecule has 3 aromatic carbocycles. The monoisotopic (exact) mass is 375 g/mol. The Morgan fingerprint density at radius 1 is 0.893 bits per heavy atom. The van der Waals surface area contributed by atoms with E-state index in [1.54, 1.807) is 24.3 Å². The van der Waals surface area contributed by atoms with Crippen molar-refractivity contribution in [3.05, 3.63) is 101 Å². The first-order chi connectivity index (χ1) is 13.5. The van der Waals surface area contributed by atoms with Crippen molar-refractivity contribution in [1.82, 2.24) is 5.43 Å². The Morgan fingerprint density at radius 3 is 2.29 bits per heavy atom. The van der Waals surface area contributed by atoms with Crippen molar-refractivity contribution in [2.45, 2.75) is 6.92 Å². The summed E-state index contributed by atoms with van der Waals surface area (Å²) in [6, 6.07) is 19.4. The third-order valence-electron chi connectivity index (χ3n) is 3.98. The zero-order valence-electron chi connectivity index (χ0n) is 15.1. The largest absolute Gasteiger partial charge is 0.321 e. The number of carbonyl (C=O) groups is 2. The van der Waals surface area contributed by atoms with Gasteiger partial charge in [-0.05, 0) is 48.9 Å². The van der Waals surface area contributed by atoms with Gasteiger partial charge in [0.15, 0.2) is 0 Å². The number of carbonyl (C=O) groups excluding carboxylic acids is 2. The number of nitrogens with one attached hydrogen (secondary N) is 2. The molecule has 0 spiro atoms. The fraction of sp³-hybridized carbons (Fsp3) is 0.0455. The fourth-order valence-electron chi connectivity index (χ4n) is 2.46. The number of hydrogen-bond donors (Lipinski definition) is 2. The van der Waals surface area contributed by atoms with Crippen LogP contribution in [0.4, 0.5) is 10.1 Å². The molecule has 0 aliphatic heterocycles. The van der Waals surface area contributed by atoms with E-state index < -0.39 is 17.6 Å². The summed E-state index contributed by atoms with van der Waals surface area (Å²) in [6.45, 7) is 1.99. The molecular formula is C22H18FN3O2. The molecule has 28 heavy (non-hydrogen) atoms. The highest BCUT2D eigenvalue weighted by atomic mass is 19.1. The first kappa shape index (κ1) is 19.0. The standard InChI is InChI=1S/C22H18FN3O2/c1-15-6-8-16(9-7-15)14-24-26-22(28)19-4-2-3-5-20(19)25-21(27)17-10-12-18(23)13-11-17/h2-14H,1H3,(H,25,27)(H,26,28). The number of hydrogen-bond acceptors (Lipinski definition) is 3. The van der Waals surface area contributed by atoms with E-state index >= 15 is 0 Å². The van der Waals surface area contributed by atoms with Crippen molar-refractivity contribution < 1.29 is 14.0 Å². The lowest BCUT2D eigenvalue weighted by Gasteiger charge is -2.10. The first-order valence-electron chi connectivity index (χ1n) is 8.59. The van der Waals surface area contributed by atoms with Crippen LogP contribution < -0.4 is 10.7 Å². The quantitative estimate of drug-likeness (QED) is 0.519. The summed E-state index contributed by atoms with van der Waals surface area (Å²) in [5.41, 5.74) is 5.32. The van der Waals surface area contributed by atoms with Gasteiger partial charge in [0.2, 0.25) is 0 Å². The van der Waals surface area contributed by atoms with Crippen LogP contribution in [0.3, 0.4) is 0 Å². The number of hydrazone groups is 1. The van der Waals surface area contributed by atoms with Gasteiger partial charge in [0.05, 0.1) is 17.5 Å². The highest BCUT2D eigenvalue weighted by Gasteiger charge is 2.13. The van der Waals surface area contributed by atoms with Crippen LogP contribution in [0, 0.1) is 12.7 Å². The topological polar surface area (TPSA) is 70.6 Å². The molecule has 0 bridgehead atoms. The Kier molecular flexibility index (Phi) is 5.91. The van der Waals surface area contributed by atoms with Crippen molar-refractivity contribution in [3.63, 3.8) is 0 Å². The molecule has 5 nitrogen and oxygen atoms in total. The van der Waals surface area contributed by atoms with E-state index in [4.69, 9.17) is 0 Å². The van der Waals surface area contributed by atoms with Crippen molar-refractivity contribution in [1.29, 1.82) is 0 Å². The van der Waals surface area contributed by atoms with E-state index in [1.165, 1.54) is 30.5 Å². The molecule has 2 amide bonds. The second kappa shape index (κ2) is 8.73. The Labute approximate surface area is 161 Å².